The second-order valence-corrected chi connectivity index (χ2v) is 11.3. The van der Waals surface area contributed by atoms with E-state index in [-0.39, 0.29) is 0 Å². The van der Waals surface area contributed by atoms with E-state index in [1.165, 1.54) is 0 Å². The molecule has 0 unspecified atom stereocenters. The molecule has 8 nitrogen and oxygen atoms in total. The topological polar surface area (TPSA) is 80.1 Å². The highest BCUT2D eigenvalue weighted by atomic mass is 16.5. The number of fused-ring (bicyclic) bond motifs is 9. The summed E-state index contributed by atoms with van der Waals surface area (Å²) in [5.74, 6) is 4.28. The number of methoxy groups -OCH3 is 2. The van der Waals surface area contributed by atoms with Gasteiger partial charge in [-0.25, -0.2) is 0 Å². The molecular formula is C40H36N2O6. The lowest BCUT2D eigenvalue weighted by Gasteiger charge is -2.20. The van der Waals surface area contributed by atoms with Crippen molar-refractivity contribution in [1.29, 1.82) is 0 Å². The molecule has 0 saturated heterocycles. The standard InChI is InChI=1S/C40H36N2O6/c1-43-29-17-13-27-15-19-37-39(31(27)25-29)40-32-26-30(44-2)18-14-28(32)16-20-38(40)48-24-8-22-46-36-12-6-4-10-34(36)42-41-33-9-3-5-11-35(33)45-21-7-23-47-37/h3-6,9-20,25-26H,7-8,21-24H2,1-2H3. The van der Waals surface area contributed by atoms with Crippen molar-refractivity contribution in [2.75, 3.05) is 40.6 Å². The van der Waals surface area contributed by atoms with Gasteiger partial charge in [0.15, 0.2) is 0 Å². The molecule has 8 heteroatoms. The summed E-state index contributed by atoms with van der Waals surface area (Å²) in [5, 5.41) is 13.1. The first-order valence-corrected chi connectivity index (χ1v) is 16.0. The molecule has 1 heterocycles. The summed E-state index contributed by atoms with van der Waals surface area (Å²) in [7, 11) is 3.36. The summed E-state index contributed by atoms with van der Waals surface area (Å²) in [4.78, 5) is 0. The van der Waals surface area contributed by atoms with Crippen LogP contribution in [0.15, 0.2) is 119 Å². The number of hydrogen-bond donors (Lipinski definition) is 0. The van der Waals surface area contributed by atoms with Gasteiger partial charge in [-0.2, -0.15) is 0 Å². The zero-order valence-corrected chi connectivity index (χ0v) is 27.0. The van der Waals surface area contributed by atoms with Crippen molar-refractivity contribution in [2.45, 2.75) is 12.8 Å². The van der Waals surface area contributed by atoms with E-state index in [1.54, 1.807) is 14.2 Å². The summed E-state index contributed by atoms with van der Waals surface area (Å²) >= 11 is 0. The van der Waals surface area contributed by atoms with Gasteiger partial charge in [0.05, 0.1) is 40.6 Å². The Hall–Kier alpha value is -5.76. The van der Waals surface area contributed by atoms with E-state index in [4.69, 9.17) is 28.4 Å². The first-order valence-electron chi connectivity index (χ1n) is 16.0. The smallest absolute Gasteiger partial charge is 0.146 e. The Morgan fingerprint density at radius 1 is 0.458 bits per heavy atom. The van der Waals surface area contributed by atoms with Crippen molar-refractivity contribution in [3.05, 3.63) is 109 Å². The number of azo groups is 1. The van der Waals surface area contributed by atoms with Crippen molar-refractivity contribution in [3.63, 3.8) is 0 Å². The first-order chi connectivity index (χ1) is 23.7. The highest BCUT2D eigenvalue weighted by molar-refractivity contribution is 6.10. The second-order valence-electron chi connectivity index (χ2n) is 11.3. The predicted octanol–water partition coefficient (Wildman–Crippen LogP) is 10.1. The number of para-hydroxylation sites is 2. The van der Waals surface area contributed by atoms with E-state index in [0.717, 1.165) is 55.7 Å². The molecule has 0 spiro atoms. The zero-order chi connectivity index (χ0) is 32.7. The fourth-order valence-corrected chi connectivity index (χ4v) is 5.85. The lowest BCUT2D eigenvalue weighted by molar-refractivity contribution is 0.246. The Morgan fingerprint density at radius 2 is 0.854 bits per heavy atom. The van der Waals surface area contributed by atoms with E-state index < -0.39 is 0 Å². The summed E-state index contributed by atoms with van der Waals surface area (Å²) in [6, 6.07) is 35.6. The molecular weight excluding hydrogens is 604 g/mol. The van der Waals surface area contributed by atoms with Gasteiger partial charge in [-0.15, -0.1) is 10.2 Å². The van der Waals surface area contributed by atoms with E-state index in [0.29, 0.717) is 62.1 Å². The van der Waals surface area contributed by atoms with Gasteiger partial charge in [0.2, 0.25) is 0 Å². The predicted molar refractivity (Wildman–Crippen MR) is 188 cm³/mol. The number of rotatable bonds is 2. The average Bonchev–Trinajstić information content (AvgIpc) is 3.13. The fourth-order valence-electron chi connectivity index (χ4n) is 5.85. The van der Waals surface area contributed by atoms with E-state index in [9.17, 15) is 0 Å². The highest BCUT2D eigenvalue weighted by Gasteiger charge is 2.21. The van der Waals surface area contributed by atoms with Gasteiger partial charge in [-0.1, -0.05) is 48.5 Å². The molecule has 6 aromatic rings. The Balaban J connectivity index is 1.33. The van der Waals surface area contributed by atoms with Crippen LogP contribution >= 0.6 is 0 Å². The molecule has 6 aromatic carbocycles. The maximum absolute atomic E-state index is 6.57. The first kappa shape index (κ1) is 30.9. The van der Waals surface area contributed by atoms with Gasteiger partial charge in [0.1, 0.15) is 45.9 Å². The molecule has 0 atom stereocenters. The highest BCUT2D eigenvalue weighted by Crippen LogP contribution is 2.47. The van der Waals surface area contributed by atoms with E-state index in [1.807, 2.05) is 72.8 Å². The average molecular weight is 641 g/mol. The van der Waals surface area contributed by atoms with Crippen LogP contribution in [-0.4, -0.2) is 40.6 Å². The third-order valence-electron chi connectivity index (χ3n) is 8.23. The van der Waals surface area contributed by atoms with Gasteiger partial charge < -0.3 is 28.4 Å². The molecule has 0 fully saturated rings. The minimum absolute atomic E-state index is 0.432. The molecule has 0 bridgehead atoms. The fraction of sp³-hybridized carbons (Fsp3) is 0.200. The largest absolute Gasteiger partial charge is 0.497 e. The van der Waals surface area contributed by atoms with Crippen molar-refractivity contribution < 1.29 is 28.4 Å². The Morgan fingerprint density at radius 3 is 1.29 bits per heavy atom. The Kier molecular flexibility index (Phi) is 9.22. The Labute approximate surface area is 279 Å². The maximum Gasteiger partial charge on any atom is 0.146 e. The summed E-state index contributed by atoms with van der Waals surface area (Å²) in [5.41, 5.74) is 3.12. The summed E-state index contributed by atoms with van der Waals surface area (Å²) < 4.78 is 36.8. The molecule has 1 aliphatic rings. The van der Waals surface area contributed by atoms with Crippen LogP contribution < -0.4 is 28.4 Å². The van der Waals surface area contributed by atoms with Crippen LogP contribution in [0.2, 0.25) is 0 Å². The van der Waals surface area contributed by atoms with Gasteiger partial charge in [-0.3, -0.25) is 0 Å². The monoisotopic (exact) mass is 640 g/mol. The van der Waals surface area contributed by atoms with Crippen LogP contribution in [0.1, 0.15) is 12.8 Å². The minimum Gasteiger partial charge on any atom is -0.497 e. The van der Waals surface area contributed by atoms with E-state index in [2.05, 4.69) is 46.6 Å². The Bertz CT molecular complexity index is 1940. The second kappa shape index (κ2) is 14.3. The van der Waals surface area contributed by atoms with Crippen LogP contribution in [0.3, 0.4) is 0 Å². The molecule has 0 aliphatic carbocycles. The molecule has 1 aliphatic heterocycles. The normalized spacial score (nSPS) is 13.7. The summed E-state index contributed by atoms with van der Waals surface area (Å²) in [6.45, 7) is 1.73. The molecule has 48 heavy (non-hydrogen) atoms. The molecule has 0 amide bonds. The number of benzene rings is 6. The lowest BCUT2D eigenvalue weighted by Crippen LogP contribution is -2.07. The molecule has 0 aromatic heterocycles. The third kappa shape index (κ3) is 6.55. The van der Waals surface area contributed by atoms with Crippen LogP contribution in [0.5, 0.6) is 34.5 Å². The summed E-state index contributed by atoms with van der Waals surface area (Å²) in [6.07, 6.45) is 1.29. The number of ether oxygens (including phenoxy) is 6. The lowest BCUT2D eigenvalue weighted by atomic mass is 9.92. The van der Waals surface area contributed by atoms with Crippen LogP contribution in [0.4, 0.5) is 11.4 Å². The van der Waals surface area contributed by atoms with Crippen molar-refractivity contribution >= 4 is 32.9 Å². The molecule has 0 saturated carbocycles. The molecule has 0 radical (unpaired) electrons. The number of nitrogens with zero attached hydrogens (tertiary/aromatic N) is 2. The van der Waals surface area contributed by atoms with Gasteiger partial charge >= 0.3 is 0 Å². The molecule has 242 valence electrons. The zero-order valence-electron chi connectivity index (χ0n) is 27.0. The van der Waals surface area contributed by atoms with Crippen LogP contribution in [0, 0.1) is 0 Å². The SMILES string of the molecule is COc1ccc2ccc3c(c2c1)-c1c(ccc2ccc(OC)cc12)OCCCOc1ccccc1N=Nc1ccccc1OCCCO3. The van der Waals surface area contributed by atoms with E-state index >= 15 is 0 Å². The van der Waals surface area contributed by atoms with Crippen molar-refractivity contribution in [1.82, 2.24) is 0 Å². The number of hydrogen-bond acceptors (Lipinski definition) is 8. The van der Waals surface area contributed by atoms with Crippen molar-refractivity contribution in [3.8, 4) is 45.6 Å². The quantitative estimate of drug-likeness (QED) is 0.187. The van der Waals surface area contributed by atoms with Crippen LogP contribution in [-0.2, 0) is 0 Å². The minimum atomic E-state index is 0.432. The third-order valence-corrected chi connectivity index (χ3v) is 8.23. The van der Waals surface area contributed by atoms with Crippen molar-refractivity contribution in [2.24, 2.45) is 10.2 Å². The maximum atomic E-state index is 6.57. The molecule has 0 N–H and O–H groups in total. The van der Waals surface area contributed by atoms with Gasteiger partial charge in [0.25, 0.3) is 0 Å². The molecule has 7 rings (SSSR count). The van der Waals surface area contributed by atoms with Crippen LogP contribution in [0.25, 0.3) is 32.7 Å². The van der Waals surface area contributed by atoms with Gasteiger partial charge in [0, 0.05) is 24.0 Å². The van der Waals surface area contributed by atoms with Gasteiger partial charge in [-0.05, 0) is 82.2 Å².